The number of methoxy groups -OCH3 is 2. The van der Waals surface area contributed by atoms with Crippen molar-refractivity contribution in [2.75, 3.05) is 37.5 Å². The fourth-order valence-electron chi connectivity index (χ4n) is 3.58. The summed E-state index contributed by atoms with van der Waals surface area (Å²) in [5.74, 6) is 0.531. The number of nitrogens with zero attached hydrogens (tertiary/aromatic N) is 2. The van der Waals surface area contributed by atoms with E-state index in [2.05, 4.69) is 20.5 Å². The van der Waals surface area contributed by atoms with Gasteiger partial charge in [0.1, 0.15) is 11.9 Å². The van der Waals surface area contributed by atoms with Gasteiger partial charge in [-0.2, -0.15) is 0 Å². The van der Waals surface area contributed by atoms with Crippen LogP contribution in [0.1, 0.15) is 25.7 Å². The van der Waals surface area contributed by atoms with Crippen LogP contribution in [0.3, 0.4) is 0 Å². The van der Waals surface area contributed by atoms with Gasteiger partial charge >= 0.3 is 0 Å². The molecule has 1 aromatic rings. The topological polar surface area (TPSA) is 92.8 Å². The number of rotatable bonds is 6. The van der Waals surface area contributed by atoms with Crippen LogP contribution in [0.4, 0.5) is 11.5 Å². The molecule has 2 aliphatic heterocycles. The number of carbonyl (C=O) groups excluding carboxylic acids is 2. The van der Waals surface area contributed by atoms with Crippen molar-refractivity contribution in [2.45, 2.75) is 38.0 Å². The van der Waals surface area contributed by atoms with Gasteiger partial charge in [0.05, 0.1) is 11.9 Å². The molecule has 2 fully saturated rings. The molecule has 0 aliphatic carbocycles. The molecule has 3 rings (SSSR count). The third-order valence-electron chi connectivity index (χ3n) is 5.06. The molecule has 0 spiro atoms. The number of aromatic nitrogens is 1. The summed E-state index contributed by atoms with van der Waals surface area (Å²) in [5.41, 5.74) is 1.06. The quantitative estimate of drug-likeness (QED) is 0.579. The Hall–Kier alpha value is -2.19. The molecule has 0 saturated carbocycles. The van der Waals surface area contributed by atoms with Crippen molar-refractivity contribution in [3.8, 4) is 0 Å². The number of nitrogens with one attached hydrogen (secondary N) is 2. The highest BCUT2D eigenvalue weighted by Gasteiger charge is 2.28. The summed E-state index contributed by atoms with van der Waals surface area (Å²) in [4.78, 5) is 29.7. The number of hydrogen-bond acceptors (Lipinski definition) is 7. The van der Waals surface area contributed by atoms with Gasteiger partial charge in [-0.1, -0.05) is 0 Å². The van der Waals surface area contributed by atoms with Gasteiger partial charge in [-0.25, -0.2) is 4.98 Å². The van der Waals surface area contributed by atoms with Gasteiger partial charge < -0.3 is 19.7 Å². The van der Waals surface area contributed by atoms with E-state index in [0.29, 0.717) is 24.6 Å². The smallest absolute Gasteiger partial charge is 0.249 e. The maximum atomic E-state index is 11.8. The molecule has 2 N–H and O–H groups in total. The van der Waals surface area contributed by atoms with Crippen molar-refractivity contribution in [1.29, 1.82) is 0 Å². The second kappa shape index (κ2) is 8.46. The molecule has 2 amide bonds. The molecular formula is C18H26N4O4. The van der Waals surface area contributed by atoms with Crippen LogP contribution in [-0.2, 0) is 19.1 Å². The molecule has 3 heterocycles. The lowest BCUT2D eigenvalue weighted by atomic mass is 9.96. The largest absolute Gasteiger partial charge is 0.370 e. The zero-order valence-electron chi connectivity index (χ0n) is 15.2. The van der Waals surface area contributed by atoms with Crippen molar-refractivity contribution >= 4 is 23.3 Å². The van der Waals surface area contributed by atoms with E-state index >= 15 is 0 Å². The third-order valence-corrected chi connectivity index (χ3v) is 5.06. The summed E-state index contributed by atoms with van der Waals surface area (Å²) in [6, 6.07) is 3.46. The molecule has 0 aromatic carbocycles. The van der Waals surface area contributed by atoms with Crippen molar-refractivity contribution < 1.29 is 19.1 Å². The van der Waals surface area contributed by atoms with E-state index in [1.54, 1.807) is 14.2 Å². The Morgan fingerprint density at radius 2 is 1.92 bits per heavy atom. The fraction of sp³-hybridized carbons (Fsp3) is 0.611. The Bertz CT molecular complexity index is 625. The molecule has 142 valence electrons. The van der Waals surface area contributed by atoms with Gasteiger partial charge in [0.25, 0.3) is 0 Å². The van der Waals surface area contributed by atoms with Gasteiger partial charge in [0, 0.05) is 39.6 Å². The van der Waals surface area contributed by atoms with Gasteiger partial charge in [-0.15, -0.1) is 0 Å². The predicted octanol–water partition coefficient (Wildman–Crippen LogP) is 1.13. The second-order valence-corrected chi connectivity index (χ2v) is 6.71. The summed E-state index contributed by atoms with van der Waals surface area (Å²) in [5, 5.41) is 5.43. The van der Waals surface area contributed by atoms with Gasteiger partial charge in [0.2, 0.25) is 11.8 Å². The highest BCUT2D eigenvalue weighted by atomic mass is 16.7. The Labute approximate surface area is 153 Å². The lowest BCUT2D eigenvalue weighted by molar-refractivity contribution is -0.141. The monoisotopic (exact) mass is 362 g/mol. The van der Waals surface area contributed by atoms with E-state index < -0.39 is 6.04 Å². The van der Waals surface area contributed by atoms with E-state index in [0.717, 1.165) is 31.6 Å². The molecule has 1 aromatic heterocycles. The molecule has 1 atom stereocenters. The summed E-state index contributed by atoms with van der Waals surface area (Å²) >= 11 is 0. The number of ether oxygens (including phenoxy) is 2. The van der Waals surface area contributed by atoms with Crippen LogP contribution in [-0.4, -0.2) is 56.4 Å². The molecule has 1 unspecified atom stereocenters. The molecule has 0 radical (unpaired) electrons. The molecule has 8 nitrogen and oxygen atoms in total. The number of hydrogen-bond donors (Lipinski definition) is 2. The average molecular weight is 362 g/mol. The normalized spacial score (nSPS) is 21.8. The first-order chi connectivity index (χ1) is 12.6. The minimum Gasteiger partial charge on any atom is -0.370 e. The predicted molar refractivity (Wildman–Crippen MR) is 96.8 cm³/mol. The number of pyridine rings is 1. The third kappa shape index (κ3) is 4.31. The lowest BCUT2D eigenvalue weighted by Crippen LogP contribution is -2.47. The van der Waals surface area contributed by atoms with Gasteiger partial charge in [0.15, 0.2) is 6.29 Å². The second-order valence-electron chi connectivity index (χ2n) is 6.71. The van der Waals surface area contributed by atoms with Gasteiger partial charge in [-0.05, 0) is 31.4 Å². The van der Waals surface area contributed by atoms with E-state index in [4.69, 9.17) is 9.47 Å². The highest BCUT2D eigenvalue weighted by molar-refractivity contribution is 6.01. The van der Waals surface area contributed by atoms with Crippen LogP contribution in [0.25, 0.3) is 0 Å². The van der Waals surface area contributed by atoms with Crippen LogP contribution < -0.4 is 15.5 Å². The number of piperidine rings is 2. The van der Waals surface area contributed by atoms with Crippen LogP contribution in [0.5, 0.6) is 0 Å². The van der Waals surface area contributed by atoms with Crippen LogP contribution >= 0.6 is 0 Å². The summed E-state index contributed by atoms with van der Waals surface area (Å²) in [6.07, 6.45) is 4.52. The van der Waals surface area contributed by atoms with Crippen LogP contribution in [0.15, 0.2) is 18.3 Å². The maximum Gasteiger partial charge on any atom is 0.249 e. The van der Waals surface area contributed by atoms with Crippen molar-refractivity contribution in [3.63, 3.8) is 0 Å². The maximum absolute atomic E-state index is 11.8. The summed E-state index contributed by atoms with van der Waals surface area (Å²) in [7, 11) is 3.36. The molecule has 0 bridgehead atoms. The molecule has 26 heavy (non-hydrogen) atoms. The first kappa shape index (κ1) is 18.6. The fourth-order valence-corrected chi connectivity index (χ4v) is 3.58. The first-order valence-electron chi connectivity index (χ1n) is 8.97. The highest BCUT2D eigenvalue weighted by Crippen LogP contribution is 2.27. The Morgan fingerprint density at radius 1 is 1.19 bits per heavy atom. The number of anilines is 2. The van der Waals surface area contributed by atoms with Gasteiger partial charge in [-0.3, -0.25) is 14.9 Å². The zero-order valence-corrected chi connectivity index (χ0v) is 15.2. The van der Waals surface area contributed by atoms with Crippen molar-refractivity contribution in [3.05, 3.63) is 18.3 Å². The SMILES string of the molecule is COC(OC)C1CCN(c2ccc(NC3CCC(=O)NC3=O)nc2)CC1. The van der Waals surface area contributed by atoms with Crippen LogP contribution in [0.2, 0.25) is 0 Å². The molecule has 2 aliphatic rings. The average Bonchev–Trinajstić information content (AvgIpc) is 2.66. The molecule has 2 saturated heterocycles. The molecule has 8 heteroatoms. The Balaban J connectivity index is 1.53. The lowest BCUT2D eigenvalue weighted by Gasteiger charge is -2.36. The zero-order chi connectivity index (χ0) is 18.5. The van der Waals surface area contributed by atoms with Crippen molar-refractivity contribution in [2.24, 2.45) is 5.92 Å². The summed E-state index contributed by atoms with van der Waals surface area (Å²) < 4.78 is 10.7. The first-order valence-corrected chi connectivity index (χ1v) is 8.97. The number of imide groups is 1. The Morgan fingerprint density at radius 3 is 2.50 bits per heavy atom. The van der Waals surface area contributed by atoms with Crippen molar-refractivity contribution in [1.82, 2.24) is 10.3 Å². The minimum absolute atomic E-state index is 0.143. The minimum atomic E-state index is -0.415. The van der Waals surface area contributed by atoms with E-state index in [9.17, 15) is 9.59 Å². The Kier molecular flexibility index (Phi) is 6.05. The van der Waals surface area contributed by atoms with E-state index in [-0.39, 0.29) is 18.1 Å². The molecular weight excluding hydrogens is 336 g/mol. The van der Waals surface area contributed by atoms with E-state index in [1.165, 1.54) is 0 Å². The standard InChI is InChI=1S/C18H26N4O4/c1-25-18(26-2)12-7-9-22(10-8-12)13-3-5-15(19-11-13)20-14-4-6-16(23)21-17(14)24/h3,5,11-12,14,18H,4,6-10H2,1-2H3,(H,19,20)(H,21,23,24). The van der Waals surface area contributed by atoms with Crippen LogP contribution in [0, 0.1) is 5.92 Å². The van der Waals surface area contributed by atoms with E-state index in [1.807, 2.05) is 18.3 Å². The number of carbonyl (C=O) groups is 2. The number of amides is 2. The summed E-state index contributed by atoms with van der Waals surface area (Å²) in [6.45, 7) is 1.85.